The number of carbonyl (C=O) groups is 3. The Hall–Kier alpha value is -5.31. The molecule has 0 spiro atoms. The van der Waals surface area contributed by atoms with E-state index in [1.54, 1.807) is 30.3 Å². The number of aromatic nitrogens is 3. The lowest BCUT2D eigenvalue weighted by atomic mass is 10.0. The van der Waals surface area contributed by atoms with Gasteiger partial charge in [0.25, 0.3) is 5.91 Å². The van der Waals surface area contributed by atoms with Crippen LogP contribution in [-0.2, 0) is 28.9 Å². The van der Waals surface area contributed by atoms with E-state index in [-0.39, 0.29) is 18.2 Å². The highest BCUT2D eigenvalue weighted by Crippen LogP contribution is 2.28. The molecule has 0 radical (unpaired) electrons. The maximum absolute atomic E-state index is 13.3. The summed E-state index contributed by atoms with van der Waals surface area (Å²) in [5.41, 5.74) is 2.90. The van der Waals surface area contributed by atoms with Gasteiger partial charge in [0.05, 0.1) is 0 Å². The number of aryl methyl sites for hydroxylation is 1. The molecule has 1 aliphatic heterocycles. The molecule has 9 heteroatoms. The molecule has 0 saturated carbocycles. The lowest BCUT2D eigenvalue weighted by molar-refractivity contribution is -0.142. The molecule has 4 aromatic carbocycles. The van der Waals surface area contributed by atoms with Crippen LogP contribution >= 0.6 is 0 Å². The first kappa shape index (κ1) is 26.9. The van der Waals surface area contributed by atoms with Crippen molar-refractivity contribution in [2.75, 3.05) is 5.32 Å². The van der Waals surface area contributed by atoms with Crippen LogP contribution in [0.4, 0.5) is 5.69 Å². The van der Waals surface area contributed by atoms with Crippen LogP contribution in [0.2, 0.25) is 0 Å². The number of aliphatic carboxylic acids is 1. The highest BCUT2D eigenvalue weighted by Gasteiger charge is 2.34. The zero-order valence-electron chi connectivity index (χ0n) is 22.7. The summed E-state index contributed by atoms with van der Waals surface area (Å²) in [6.45, 7) is 0. The third-order valence-electron chi connectivity index (χ3n) is 7.58. The van der Waals surface area contributed by atoms with Crippen LogP contribution in [0.1, 0.15) is 45.6 Å². The Morgan fingerprint density at radius 2 is 1.60 bits per heavy atom. The average Bonchev–Trinajstić information content (AvgIpc) is 3.61. The Kier molecular flexibility index (Phi) is 7.47. The molecule has 9 nitrogen and oxygen atoms in total. The largest absolute Gasteiger partial charge is 0.480 e. The van der Waals surface area contributed by atoms with Crippen LogP contribution in [-0.4, -0.2) is 43.7 Å². The van der Waals surface area contributed by atoms with Crippen molar-refractivity contribution in [3.8, 4) is 0 Å². The van der Waals surface area contributed by atoms with Gasteiger partial charge in [0.15, 0.2) is 0 Å². The van der Waals surface area contributed by atoms with Gasteiger partial charge in [-0.1, -0.05) is 72.8 Å². The van der Waals surface area contributed by atoms with Gasteiger partial charge in [-0.2, -0.15) is 0 Å². The van der Waals surface area contributed by atoms with Crippen molar-refractivity contribution in [3.63, 3.8) is 0 Å². The Morgan fingerprint density at radius 3 is 2.36 bits per heavy atom. The molecule has 0 aliphatic carbocycles. The van der Waals surface area contributed by atoms with Gasteiger partial charge in [-0.05, 0) is 52.6 Å². The molecule has 3 N–H and O–H groups in total. The van der Waals surface area contributed by atoms with E-state index in [1.807, 2.05) is 71.3 Å². The van der Waals surface area contributed by atoms with Gasteiger partial charge in [0, 0.05) is 30.5 Å². The Bertz CT molecular complexity index is 1760. The molecule has 5 aromatic rings. The van der Waals surface area contributed by atoms with Gasteiger partial charge < -0.3 is 20.3 Å². The smallest absolute Gasteiger partial charge is 0.326 e. The molecule has 42 heavy (non-hydrogen) atoms. The standard InChI is InChI=1S/C33H29N5O4/c39-31(25-13-12-23-8-4-5-9-24(23)20-25)34-26-14-10-22(11-15-26)18-27(33(41)42)35-32(40)28-16-17-29-36-37-30(38(28)29)19-21-6-2-1-3-7-21/h1-15,20,27-28H,16-19H2,(H,34,39)(H,35,40)(H,41,42)/t27-,28?/m0/s1. The van der Waals surface area contributed by atoms with E-state index in [0.29, 0.717) is 41.9 Å². The first-order valence-corrected chi connectivity index (χ1v) is 13.8. The minimum absolute atomic E-state index is 0.0958. The predicted octanol–water partition coefficient (Wildman–Crippen LogP) is 4.57. The van der Waals surface area contributed by atoms with Crippen molar-refractivity contribution in [2.24, 2.45) is 0 Å². The third-order valence-corrected chi connectivity index (χ3v) is 7.58. The molecule has 6 rings (SSSR count). The maximum atomic E-state index is 13.3. The molecule has 1 unspecified atom stereocenters. The Balaban J connectivity index is 1.10. The summed E-state index contributed by atoms with van der Waals surface area (Å²) in [6.07, 6.45) is 1.77. The SMILES string of the molecule is O=C(Nc1ccc(C[C@H](NC(=O)C2CCc3nnc(Cc4ccccc4)n32)C(=O)O)cc1)c1ccc2ccccc2c1. The number of hydrogen-bond donors (Lipinski definition) is 3. The normalized spacial score (nSPS) is 14.7. The summed E-state index contributed by atoms with van der Waals surface area (Å²) in [5.74, 6) is -0.310. The summed E-state index contributed by atoms with van der Waals surface area (Å²) in [7, 11) is 0. The van der Waals surface area contributed by atoms with Crippen molar-refractivity contribution < 1.29 is 19.5 Å². The minimum atomic E-state index is -1.12. The predicted molar refractivity (Wildman–Crippen MR) is 158 cm³/mol. The Morgan fingerprint density at radius 1 is 0.857 bits per heavy atom. The van der Waals surface area contributed by atoms with E-state index in [0.717, 1.165) is 22.2 Å². The Labute approximate surface area is 242 Å². The summed E-state index contributed by atoms with van der Waals surface area (Å²) < 4.78 is 1.84. The molecule has 1 aromatic heterocycles. The van der Waals surface area contributed by atoms with Crippen LogP contribution in [0.15, 0.2) is 97.1 Å². The van der Waals surface area contributed by atoms with Gasteiger partial charge in [0.2, 0.25) is 5.91 Å². The molecule has 210 valence electrons. The van der Waals surface area contributed by atoms with Gasteiger partial charge in [0.1, 0.15) is 23.7 Å². The van der Waals surface area contributed by atoms with Crippen molar-refractivity contribution in [1.29, 1.82) is 0 Å². The zero-order valence-corrected chi connectivity index (χ0v) is 22.7. The number of hydrogen-bond acceptors (Lipinski definition) is 5. The monoisotopic (exact) mass is 559 g/mol. The van der Waals surface area contributed by atoms with Gasteiger partial charge in [-0.3, -0.25) is 9.59 Å². The van der Waals surface area contributed by atoms with Crippen LogP contribution in [0.5, 0.6) is 0 Å². The topological polar surface area (TPSA) is 126 Å². The maximum Gasteiger partial charge on any atom is 0.326 e. The third kappa shape index (κ3) is 5.76. The van der Waals surface area contributed by atoms with Crippen LogP contribution in [0, 0.1) is 0 Å². The molecular formula is C33H29N5O4. The first-order valence-electron chi connectivity index (χ1n) is 13.8. The fourth-order valence-electron chi connectivity index (χ4n) is 5.39. The van der Waals surface area contributed by atoms with Crippen LogP contribution < -0.4 is 10.6 Å². The van der Waals surface area contributed by atoms with Crippen molar-refractivity contribution in [3.05, 3.63) is 125 Å². The molecule has 0 bridgehead atoms. The lowest BCUT2D eigenvalue weighted by Gasteiger charge is -2.20. The number of nitrogens with zero attached hydrogens (tertiary/aromatic N) is 3. The molecular weight excluding hydrogens is 530 g/mol. The van der Waals surface area contributed by atoms with E-state index in [2.05, 4.69) is 20.8 Å². The van der Waals surface area contributed by atoms with Crippen LogP contribution in [0.3, 0.4) is 0 Å². The van der Waals surface area contributed by atoms with Gasteiger partial charge in [-0.25, -0.2) is 4.79 Å². The molecule has 2 atom stereocenters. The number of carbonyl (C=O) groups excluding carboxylic acids is 2. The second-order valence-corrected chi connectivity index (χ2v) is 10.4. The summed E-state index contributed by atoms with van der Waals surface area (Å²) in [4.78, 5) is 38.2. The lowest BCUT2D eigenvalue weighted by Crippen LogP contribution is -2.45. The second kappa shape index (κ2) is 11.7. The number of amides is 2. The molecule has 0 fully saturated rings. The average molecular weight is 560 g/mol. The van der Waals surface area contributed by atoms with E-state index in [9.17, 15) is 19.5 Å². The molecule has 2 heterocycles. The van der Waals surface area contributed by atoms with E-state index < -0.39 is 18.1 Å². The number of rotatable bonds is 9. The van der Waals surface area contributed by atoms with Crippen molar-refractivity contribution in [2.45, 2.75) is 37.8 Å². The summed E-state index contributed by atoms with van der Waals surface area (Å²) in [6, 6.07) is 28.5. The highest BCUT2D eigenvalue weighted by molar-refractivity contribution is 6.06. The van der Waals surface area contributed by atoms with Crippen molar-refractivity contribution >= 4 is 34.2 Å². The fourth-order valence-corrected chi connectivity index (χ4v) is 5.39. The van der Waals surface area contributed by atoms with Crippen LogP contribution in [0.25, 0.3) is 10.8 Å². The van der Waals surface area contributed by atoms with E-state index in [1.165, 1.54) is 0 Å². The van der Waals surface area contributed by atoms with Gasteiger partial charge in [-0.15, -0.1) is 10.2 Å². The van der Waals surface area contributed by atoms with E-state index in [4.69, 9.17) is 0 Å². The number of nitrogens with one attached hydrogen (secondary N) is 2. The second-order valence-electron chi connectivity index (χ2n) is 10.4. The molecule has 2 amide bonds. The zero-order chi connectivity index (χ0) is 29.1. The number of anilines is 1. The number of fused-ring (bicyclic) bond motifs is 2. The summed E-state index contributed by atoms with van der Waals surface area (Å²) >= 11 is 0. The minimum Gasteiger partial charge on any atom is -0.480 e. The van der Waals surface area contributed by atoms with Gasteiger partial charge >= 0.3 is 5.97 Å². The molecule has 0 saturated heterocycles. The quantitative estimate of drug-likeness (QED) is 0.243. The first-order chi connectivity index (χ1) is 20.4. The van der Waals surface area contributed by atoms with Crippen molar-refractivity contribution in [1.82, 2.24) is 20.1 Å². The number of benzene rings is 4. The number of carboxylic acid groups (broad SMARTS) is 1. The highest BCUT2D eigenvalue weighted by atomic mass is 16.4. The fraction of sp³-hybridized carbons (Fsp3) is 0.182. The van der Waals surface area contributed by atoms with E-state index >= 15 is 0 Å². The molecule has 1 aliphatic rings. The summed E-state index contributed by atoms with van der Waals surface area (Å²) in [5, 5.41) is 26.1. The number of carboxylic acids is 1.